The van der Waals surface area contributed by atoms with Gasteiger partial charge in [0.05, 0.1) is 0 Å². The van der Waals surface area contributed by atoms with Crippen LogP contribution in [0.1, 0.15) is 15.9 Å². The first-order valence-corrected chi connectivity index (χ1v) is 8.29. The predicted octanol–water partition coefficient (Wildman–Crippen LogP) is 1.55. The molecule has 1 atom stereocenters. The van der Waals surface area contributed by atoms with Gasteiger partial charge in [0.2, 0.25) is 5.91 Å². The number of nitrogens with one attached hydrogen (secondary N) is 1. The van der Waals surface area contributed by atoms with Crippen LogP contribution in [-0.2, 0) is 9.59 Å². The molecule has 0 bridgehead atoms. The molecule has 7 heteroatoms. The van der Waals surface area contributed by atoms with Crippen molar-refractivity contribution in [3.63, 3.8) is 0 Å². The van der Waals surface area contributed by atoms with Gasteiger partial charge >= 0.3 is 0 Å². The van der Waals surface area contributed by atoms with Crippen molar-refractivity contribution in [2.45, 2.75) is 13.0 Å². The summed E-state index contributed by atoms with van der Waals surface area (Å²) < 4.78 is 13.7. The zero-order chi connectivity index (χ0) is 20.1. The molecule has 2 rings (SSSR count). The Morgan fingerprint density at radius 1 is 1.11 bits per heavy atom. The van der Waals surface area contributed by atoms with Crippen LogP contribution >= 0.6 is 0 Å². The Balaban J connectivity index is 2.26. The number of amides is 2. The number of aliphatic hydroxyl groups excluding tert-OH is 1. The van der Waals surface area contributed by atoms with E-state index in [1.807, 2.05) is 0 Å². The Labute approximate surface area is 156 Å². The van der Waals surface area contributed by atoms with Crippen LogP contribution in [0.5, 0.6) is 0 Å². The number of carbonyl (C=O) groups excluding carboxylic acids is 3. The molecular formula is C20H21FN2O4. The van der Waals surface area contributed by atoms with E-state index < -0.39 is 30.2 Å². The van der Waals surface area contributed by atoms with Gasteiger partial charge in [-0.15, -0.1) is 0 Å². The normalized spacial score (nSPS) is 11.6. The maximum Gasteiger partial charge on any atom is 0.254 e. The van der Waals surface area contributed by atoms with Crippen LogP contribution in [0, 0.1) is 12.7 Å². The Bertz CT molecular complexity index is 849. The average molecular weight is 372 g/mol. The van der Waals surface area contributed by atoms with Gasteiger partial charge in [-0.2, -0.15) is 0 Å². The van der Waals surface area contributed by atoms with Crippen LogP contribution in [0.3, 0.4) is 0 Å². The molecule has 0 aromatic heterocycles. The summed E-state index contributed by atoms with van der Waals surface area (Å²) in [5.41, 5.74) is 2.20. The quantitative estimate of drug-likeness (QED) is 0.754. The second-order valence-corrected chi connectivity index (χ2v) is 6.10. The molecule has 0 aliphatic heterocycles. The SMILES string of the molecule is CNC(=O)C(C(=O)CO)N(C)C(=O)c1ccc(-c2ccc(C)c(F)c2)cc1. The summed E-state index contributed by atoms with van der Waals surface area (Å²) in [4.78, 5) is 37.4. The van der Waals surface area contributed by atoms with Gasteiger partial charge in [-0.25, -0.2) is 4.39 Å². The molecule has 0 saturated carbocycles. The lowest BCUT2D eigenvalue weighted by atomic mass is 10.0. The number of aliphatic hydroxyl groups is 1. The summed E-state index contributed by atoms with van der Waals surface area (Å²) in [5, 5.41) is 11.4. The largest absolute Gasteiger partial charge is 0.388 e. The lowest BCUT2D eigenvalue weighted by Crippen LogP contribution is -2.52. The highest BCUT2D eigenvalue weighted by Gasteiger charge is 2.32. The third kappa shape index (κ3) is 4.38. The standard InChI is InChI=1S/C20H21FN2O4/c1-12-4-5-15(10-16(12)21)13-6-8-14(9-7-13)20(27)23(3)18(17(25)11-24)19(26)22-2/h4-10,18,24H,11H2,1-3H3,(H,22,26). The highest BCUT2D eigenvalue weighted by molar-refractivity contribution is 6.10. The van der Waals surface area contributed by atoms with E-state index in [1.165, 1.54) is 32.3 Å². The first kappa shape index (κ1) is 20.3. The Hall–Kier alpha value is -3.06. The second kappa shape index (κ2) is 8.55. The molecule has 2 aromatic rings. The van der Waals surface area contributed by atoms with Crippen LogP contribution in [-0.4, -0.2) is 54.3 Å². The van der Waals surface area contributed by atoms with Gasteiger partial charge in [-0.05, 0) is 41.8 Å². The number of nitrogens with zero attached hydrogens (tertiary/aromatic N) is 1. The lowest BCUT2D eigenvalue weighted by Gasteiger charge is -2.25. The Morgan fingerprint density at radius 3 is 2.22 bits per heavy atom. The maximum absolute atomic E-state index is 13.7. The van der Waals surface area contributed by atoms with Crippen molar-refractivity contribution in [3.05, 3.63) is 59.4 Å². The molecule has 2 N–H and O–H groups in total. The van der Waals surface area contributed by atoms with E-state index in [4.69, 9.17) is 5.11 Å². The minimum Gasteiger partial charge on any atom is -0.388 e. The highest BCUT2D eigenvalue weighted by atomic mass is 19.1. The fourth-order valence-electron chi connectivity index (χ4n) is 2.66. The summed E-state index contributed by atoms with van der Waals surface area (Å²) in [6.45, 7) is 0.820. The fraction of sp³-hybridized carbons (Fsp3) is 0.250. The van der Waals surface area contributed by atoms with Crippen molar-refractivity contribution in [2.24, 2.45) is 0 Å². The van der Waals surface area contributed by atoms with E-state index in [0.29, 0.717) is 11.1 Å². The van der Waals surface area contributed by atoms with Gasteiger partial charge in [-0.1, -0.05) is 24.3 Å². The van der Waals surface area contributed by atoms with Gasteiger partial charge in [-0.3, -0.25) is 14.4 Å². The predicted molar refractivity (Wildman–Crippen MR) is 98.6 cm³/mol. The molecular weight excluding hydrogens is 351 g/mol. The van der Waals surface area contributed by atoms with Gasteiger partial charge < -0.3 is 15.3 Å². The van der Waals surface area contributed by atoms with E-state index in [2.05, 4.69) is 5.32 Å². The van der Waals surface area contributed by atoms with Crippen LogP contribution in [0.4, 0.5) is 4.39 Å². The summed E-state index contributed by atoms with van der Waals surface area (Å²) in [7, 11) is 2.66. The molecule has 0 aliphatic carbocycles. The minimum atomic E-state index is -1.42. The molecule has 2 aromatic carbocycles. The Morgan fingerprint density at radius 2 is 1.70 bits per heavy atom. The van der Waals surface area contributed by atoms with Gasteiger partial charge in [0.15, 0.2) is 11.8 Å². The third-order valence-corrected chi connectivity index (χ3v) is 4.30. The summed E-state index contributed by atoms with van der Waals surface area (Å²) in [5.74, 6) is -2.33. The number of Topliss-reactive ketones (excluding diaryl/α,β-unsaturated/α-hetero) is 1. The molecule has 0 radical (unpaired) electrons. The number of rotatable bonds is 6. The Kier molecular flexibility index (Phi) is 6.41. The van der Waals surface area contributed by atoms with E-state index in [0.717, 1.165) is 10.5 Å². The number of carbonyl (C=O) groups is 3. The molecule has 6 nitrogen and oxygen atoms in total. The van der Waals surface area contributed by atoms with E-state index in [-0.39, 0.29) is 11.4 Å². The van der Waals surface area contributed by atoms with Crippen molar-refractivity contribution in [2.75, 3.05) is 20.7 Å². The molecule has 0 heterocycles. The molecule has 0 spiro atoms. The molecule has 0 saturated heterocycles. The molecule has 2 amide bonds. The molecule has 0 aliphatic rings. The monoisotopic (exact) mass is 372 g/mol. The summed E-state index contributed by atoms with van der Waals surface area (Å²) >= 11 is 0. The van der Waals surface area contributed by atoms with Gasteiger partial charge in [0.25, 0.3) is 5.91 Å². The van der Waals surface area contributed by atoms with Crippen LogP contribution < -0.4 is 5.32 Å². The number of halogens is 1. The second-order valence-electron chi connectivity index (χ2n) is 6.10. The number of aryl methyl sites for hydroxylation is 1. The van der Waals surface area contributed by atoms with Crippen LogP contribution in [0.25, 0.3) is 11.1 Å². The number of likely N-dealkylation sites (N-methyl/N-ethyl adjacent to an activating group) is 2. The zero-order valence-electron chi connectivity index (χ0n) is 15.3. The third-order valence-electron chi connectivity index (χ3n) is 4.30. The number of hydrogen-bond donors (Lipinski definition) is 2. The van der Waals surface area contributed by atoms with Gasteiger partial charge in [0, 0.05) is 19.7 Å². The van der Waals surface area contributed by atoms with E-state index >= 15 is 0 Å². The number of benzene rings is 2. The molecule has 142 valence electrons. The van der Waals surface area contributed by atoms with Gasteiger partial charge in [0.1, 0.15) is 12.4 Å². The van der Waals surface area contributed by atoms with Crippen molar-refractivity contribution in [3.8, 4) is 11.1 Å². The topological polar surface area (TPSA) is 86.7 Å². The van der Waals surface area contributed by atoms with Crippen molar-refractivity contribution >= 4 is 17.6 Å². The molecule has 1 unspecified atom stereocenters. The van der Waals surface area contributed by atoms with Crippen molar-refractivity contribution < 1.29 is 23.9 Å². The van der Waals surface area contributed by atoms with Crippen molar-refractivity contribution in [1.29, 1.82) is 0 Å². The van der Waals surface area contributed by atoms with Crippen LogP contribution in [0.2, 0.25) is 0 Å². The first-order valence-electron chi connectivity index (χ1n) is 8.29. The van der Waals surface area contributed by atoms with E-state index in [9.17, 15) is 18.8 Å². The zero-order valence-corrected chi connectivity index (χ0v) is 15.3. The summed E-state index contributed by atoms with van der Waals surface area (Å²) in [6.07, 6.45) is 0. The lowest BCUT2D eigenvalue weighted by molar-refractivity contribution is -0.135. The smallest absolute Gasteiger partial charge is 0.254 e. The average Bonchev–Trinajstić information content (AvgIpc) is 2.69. The number of hydrogen-bond acceptors (Lipinski definition) is 4. The molecule has 27 heavy (non-hydrogen) atoms. The number of ketones is 1. The highest BCUT2D eigenvalue weighted by Crippen LogP contribution is 2.22. The molecule has 0 fully saturated rings. The van der Waals surface area contributed by atoms with E-state index in [1.54, 1.807) is 31.2 Å². The summed E-state index contributed by atoms with van der Waals surface area (Å²) in [6, 6.07) is 9.85. The van der Waals surface area contributed by atoms with Crippen molar-refractivity contribution in [1.82, 2.24) is 10.2 Å². The first-order chi connectivity index (χ1) is 12.8. The fourth-order valence-corrected chi connectivity index (χ4v) is 2.66. The van der Waals surface area contributed by atoms with Crippen LogP contribution in [0.15, 0.2) is 42.5 Å². The maximum atomic E-state index is 13.7. The minimum absolute atomic E-state index is 0.258.